The summed E-state index contributed by atoms with van der Waals surface area (Å²) in [6.45, 7) is 14.9. The molecular formula is C30H49BN7O7. The van der Waals surface area contributed by atoms with Crippen molar-refractivity contribution in [3.05, 3.63) is 23.4 Å². The van der Waals surface area contributed by atoms with Gasteiger partial charge in [0.1, 0.15) is 17.0 Å². The Morgan fingerprint density at radius 3 is 2.36 bits per heavy atom. The van der Waals surface area contributed by atoms with E-state index in [1.165, 1.54) is 5.06 Å². The molecule has 14 nitrogen and oxygen atoms in total. The SMILES string of the molecule is CCCNOCCNC(=O)OC(C)(C)C[B]c1cc2c(cn1)C=C(C(=O)N(CCC)OCCNC(=O)OC(C)(C)C)CC(N)=N2. The Hall–Kier alpha value is -3.69. The van der Waals surface area contributed by atoms with E-state index in [2.05, 4.69) is 26.1 Å². The van der Waals surface area contributed by atoms with Gasteiger partial charge in [0.25, 0.3) is 5.91 Å². The molecule has 1 aliphatic rings. The van der Waals surface area contributed by atoms with Crippen LogP contribution in [0.3, 0.4) is 0 Å². The van der Waals surface area contributed by atoms with Gasteiger partial charge in [-0.15, -0.1) is 0 Å². The molecule has 1 aliphatic heterocycles. The van der Waals surface area contributed by atoms with E-state index in [1.54, 1.807) is 53.0 Å². The lowest BCUT2D eigenvalue weighted by Crippen LogP contribution is -2.38. The van der Waals surface area contributed by atoms with Crippen molar-refractivity contribution in [3.8, 4) is 0 Å². The number of rotatable bonds is 17. The number of ether oxygens (including phenoxy) is 2. The predicted molar refractivity (Wildman–Crippen MR) is 173 cm³/mol. The summed E-state index contributed by atoms with van der Waals surface area (Å²) in [4.78, 5) is 57.5. The van der Waals surface area contributed by atoms with Gasteiger partial charge < -0.3 is 25.8 Å². The number of hydrogen-bond acceptors (Lipinski definition) is 11. The number of amidine groups is 1. The number of fused-ring (bicyclic) bond motifs is 1. The second kappa shape index (κ2) is 18.3. The first-order valence-corrected chi connectivity index (χ1v) is 15.3. The van der Waals surface area contributed by atoms with Gasteiger partial charge in [-0.2, -0.15) is 0 Å². The van der Waals surface area contributed by atoms with Gasteiger partial charge in [-0.1, -0.05) is 13.8 Å². The standard InChI is InChI=1S/C30H49BN7O7/c1-8-10-36-42-14-11-33-28(41)45-30(6,7)20-31-24-18-23-22(19-35-24)16-21(17-25(32)37-23)26(39)38(13-9-2)43-15-12-34-27(40)44-29(3,4)5/h16,18-19,36H,8-15,17,20H2,1-7H3,(H2,32,37)(H,33,41)(H,34,40). The molecule has 1 aromatic rings. The Morgan fingerprint density at radius 2 is 1.69 bits per heavy atom. The average Bonchev–Trinajstić information content (AvgIpc) is 3.11. The number of aromatic nitrogens is 1. The summed E-state index contributed by atoms with van der Waals surface area (Å²) in [6, 6.07) is 1.77. The maximum absolute atomic E-state index is 13.4. The molecule has 3 amide bonds. The van der Waals surface area contributed by atoms with E-state index >= 15 is 0 Å². The summed E-state index contributed by atoms with van der Waals surface area (Å²) in [5.41, 5.74) is 9.80. The van der Waals surface area contributed by atoms with Crippen molar-refractivity contribution in [2.75, 3.05) is 39.4 Å². The summed E-state index contributed by atoms with van der Waals surface area (Å²) in [7, 11) is 1.85. The van der Waals surface area contributed by atoms with Crippen molar-refractivity contribution in [1.29, 1.82) is 0 Å². The third kappa shape index (κ3) is 14.8. The van der Waals surface area contributed by atoms with Gasteiger partial charge >= 0.3 is 12.2 Å². The first-order chi connectivity index (χ1) is 21.2. The molecule has 0 aromatic carbocycles. The Balaban J connectivity index is 1.98. The van der Waals surface area contributed by atoms with Gasteiger partial charge in [-0.25, -0.2) is 25.1 Å². The van der Waals surface area contributed by atoms with Crippen LogP contribution in [0.5, 0.6) is 0 Å². The van der Waals surface area contributed by atoms with Crippen LogP contribution in [0, 0.1) is 0 Å². The molecule has 0 saturated heterocycles. The summed E-state index contributed by atoms with van der Waals surface area (Å²) >= 11 is 0. The van der Waals surface area contributed by atoms with E-state index in [0.29, 0.717) is 54.9 Å². The number of aliphatic imine (C=N–C) groups is 1. The number of carbonyl (C=O) groups is 3. The third-order valence-corrected chi connectivity index (χ3v) is 5.94. The number of hydrogen-bond donors (Lipinski definition) is 4. The third-order valence-electron chi connectivity index (χ3n) is 5.94. The van der Waals surface area contributed by atoms with Gasteiger partial charge in [-0.3, -0.25) is 19.5 Å². The molecule has 0 aliphatic carbocycles. The summed E-state index contributed by atoms with van der Waals surface area (Å²) < 4.78 is 10.8. The molecule has 1 aromatic heterocycles. The Kier molecular flexibility index (Phi) is 15.3. The van der Waals surface area contributed by atoms with Crippen molar-refractivity contribution in [2.45, 2.75) is 85.3 Å². The van der Waals surface area contributed by atoms with Crippen LogP contribution in [0.15, 0.2) is 22.8 Å². The second-order valence-electron chi connectivity index (χ2n) is 12.0. The molecule has 15 heteroatoms. The predicted octanol–water partition coefficient (Wildman–Crippen LogP) is 2.74. The fourth-order valence-electron chi connectivity index (χ4n) is 3.90. The highest BCUT2D eigenvalue weighted by molar-refractivity contribution is 6.52. The fourth-order valence-corrected chi connectivity index (χ4v) is 3.90. The van der Waals surface area contributed by atoms with Crippen molar-refractivity contribution in [2.24, 2.45) is 10.7 Å². The lowest BCUT2D eigenvalue weighted by Gasteiger charge is -2.25. The number of amides is 3. The molecule has 2 heterocycles. The first-order valence-electron chi connectivity index (χ1n) is 15.3. The first kappa shape index (κ1) is 37.5. The van der Waals surface area contributed by atoms with E-state index < -0.39 is 23.4 Å². The van der Waals surface area contributed by atoms with Crippen LogP contribution in [0.25, 0.3) is 6.08 Å². The highest BCUT2D eigenvalue weighted by atomic mass is 16.7. The fraction of sp³-hybridized carbons (Fsp3) is 0.633. The zero-order valence-electron chi connectivity index (χ0n) is 27.7. The minimum atomic E-state index is -0.799. The van der Waals surface area contributed by atoms with Crippen LogP contribution in [0.1, 0.15) is 73.3 Å². The number of alkyl carbamates (subject to hydrolysis) is 2. The Morgan fingerprint density at radius 1 is 1.00 bits per heavy atom. The molecular weight excluding hydrogens is 581 g/mol. The highest BCUT2D eigenvalue weighted by Gasteiger charge is 2.25. The topological polar surface area (TPSA) is 179 Å². The number of nitrogens with zero attached hydrogens (tertiary/aromatic N) is 3. The highest BCUT2D eigenvalue weighted by Crippen LogP contribution is 2.26. The maximum Gasteiger partial charge on any atom is 0.407 e. The van der Waals surface area contributed by atoms with Crippen molar-refractivity contribution >= 4 is 48.6 Å². The maximum atomic E-state index is 13.4. The monoisotopic (exact) mass is 630 g/mol. The number of nitrogens with one attached hydrogen (secondary N) is 3. The number of carbonyl (C=O) groups excluding carboxylic acids is 3. The van der Waals surface area contributed by atoms with Crippen molar-refractivity contribution in [3.63, 3.8) is 0 Å². The smallest absolute Gasteiger partial charge is 0.407 e. The normalized spacial score (nSPS) is 13.0. The zero-order chi connectivity index (χ0) is 33.5. The lowest BCUT2D eigenvalue weighted by molar-refractivity contribution is -0.181. The minimum Gasteiger partial charge on any atom is -0.444 e. The molecule has 0 fully saturated rings. The molecule has 0 atom stereocenters. The van der Waals surface area contributed by atoms with Crippen LogP contribution in [-0.2, 0) is 23.9 Å². The molecule has 0 spiro atoms. The van der Waals surface area contributed by atoms with Crippen LogP contribution in [0.4, 0.5) is 15.3 Å². The van der Waals surface area contributed by atoms with Crippen molar-refractivity contribution in [1.82, 2.24) is 26.2 Å². The van der Waals surface area contributed by atoms with Crippen LogP contribution < -0.4 is 27.4 Å². The molecule has 1 radical (unpaired) electrons. The van der Waals surface area contributed by atoms with Crippen LogP contribution in [0.2, 0.25) is 6.32 Å². The molecule has 0 bridgehead atoms. The quantitative estimate of drug-likeness (QED) is 0.114. The van der Waals surface area contributed by atoms with Gasteiger partial charge in [-0.05, 0) is 71.5 Å². The van der Waals surface area contributed by atoms with Crippen LogP contribution in [-0.4, -0.2) is 91.9 Å². The summed E-state index contributed by atoms with van der Waals surface area (Å²) in [5, 5.41) is 6.55. The summed E-state index contributed by atoms with van der Waals surface area (Å²) in [6.07, 6.45) is 4.36. The molecule has 45 heavy (non-hydrogen) atoms. The molecule has 2 rings (SSSR count). The second-order valence-corrected chi connectivity index (χ2v) is 12.0. The zero-order valence-corrected chi connectivity index (χ0v) is 27.7. The van der Waals surface area contributed by atoms with E-state index in [4.69, 9.17) is 24.9 Å². The molecule has 249 valence electrons. The summed E-state index contributed by atoms with van der Waals surface area (Å²) in [5.74, 6) is -0.0838. The molecule has 0 saturated carbocycles. The average molecular weight is 631 g/mol. The van der Waals surface area contributed by atoms with Gasteiger partial charge in [0.15, 0.2) is 7.28 Å². The van der Waals surface area contributed by atoms with Crippen molar-refractivity contribution < 1.29 is 33.5 Å². The lowest BCUT2D eigenvalue weighted by atomic mass is 9.65. The van der Waals surface area contributed by atoms with Gasteiger partial charge in [0, 0.05) is 49.9 Å². The number of pyridine rings is 1. The van der Waals surface area contributed by atoms with E-state index in [1.807, 2.05) is 21.1 Å². The van der Waals surface area contributed by atoms with Crippen LogP contribution >= 0.6 is 0 Å². The van der Waals surface area contributed by atoms with Gasteiger partial charge in [0.2, 0.25) is 0 Å². The number of hydroxylamine groups is 3. The van der Waals surface area contributed by atoms with Gasteiger partial charge in [0.05, 0.1) is 18.9 Å². The molecule has 0 unspecified atom stereocenters. The largest absolute Gasteiger partial charge is 0.444 e. The Bertz CT molecular complexity index is 1200. The number of nitrogens with two attached hydrogens (primary N) is 1. The van der Waals surface area contributed by atoms with E-state index in [0.717, 1.165) is 13.0 Å². The Labute approximate surface area is 267 Å². The minimum absolute atomic E-state index is 0.0752. The molecule has 5 N–H and O–H groups in total. The van der Waals surface area contributed by atoms with E-state index in [9.17, 15) is 14.4 Å². The van der Waals surface area contributed by atoms with E-state index in [-0.39, 0.29) is 31.3 Å².